The number of H-pyrrole nitrogens is 1. The molecule has 0 saturated carbocycles. The number of carbonyl (C=O) groups excluding carboxylic acids is 1. The highest BCUT2D eigenvalue weighted by atomic mass is 16.2. The van der Waals surface area contributed by atoms with Crippen LogP contribution in [0.2, 0.25) is 0 Å². The molecule has 0 radical (unpaired) electrons. The van der Waals surface area contributed by atoms with Gasteiger partial charge in [0.05, 0.1) is 11.0 Å². The van der Waals surface area contributed by atoms with E-state index in [9.17, 15) is 9.59 Å². The summed E-state index contributed by atoms with van der Waals surface area (Å²) >= 11 is 0. The van der Waals surface area contributed by atoms with Gasteiger partial charge in [-0.1, -0.05) is 19.1 Å². The number of nitrogens with zero attached hydrogens (tertiary/aromatic N) is 2. The normalized spacial score (nSPS) is 18.3. The molecule has 0 aliphatic carbocycles. The van der Waals surface area contributed by atoms with Crippen LogP contribution in [-0.4, -0.2) is 33.9 Å². The number of hydrogen-bond acceptors (Lipinski definition) is 3. The molecule has 3 rings (SSSR count). The van der Waals surface area contributed by atoms with Crippen molar-refractivity contribution in [3.63, 3.8) is 0 Å². The Hall–Kier alpha value is -2.17. The molecule has 1 fully saturated rings. The molecule has 1 N–H and O–H groups in total. The number of para-hydroxylation sites is 2. The molecule has 5 heteroatoms. The monoisotopic (exact) mass is 285 g/mol. The lowest BCUT2D eigenvalue weighted by molar-refractivity contribution is -0.130. The molecule has 1 amide bonds. The summed E-state index contributed by atoms with van der Waals surface area (Å²) in [4.78, 5) is 33.2. The number of benzene rings is 1. The van der Waals surface area contributed by atoms with Gasteiger partial charge in [-0.3, -0.25) is 9.59 Å². The van der Waals surface area contributed by atoms with E-state index in [2.05, 4.69) is 16.9 Å². The first kappa shape index (κ1) is 13.8. The van der Waals surface area contributed by atoms with Gasteiger partial charge in [0, 0.05) is 25.9 Å². The summed E-state index contributed by atoms with van der Waals surface area (Å²) < 4.78 is 0. The van der Waals surface area contributed by atoms with Crippen LogP contribution in [0.15, 0.2) is 29.1 Å². The molecule has 1 aromatic carbocycles. The Labute approximate surface area is 123 Å². The third-order valence-corrected chi connectivity index (χ3v) is 4.02. The van der Waals surface area contributed by atoms with E-state index >= 15 is 0 Å². The fourth-order valence-corrected chi connectivity index (χ4v) is 2.78. The first-order valence-corrected chi connectivity index (χ1v) is 7.39. The summed E-state index contributed by atoms with van der Waals surface area (Å²) in [5, 5.41) is 0. The first-order chi connectivity index (χ1) is 10.1. The third kappa shape index (κ3) is 2.96. The maximum absolute atomic E-state index is 12.1. The van der Waals surface area contributed by atoms with Crippen LogP contribution >= 0.6 is 0 Å². The predicted molar refractivity (Wildman–Crippen MR) is 81.0 cm³/mol. The number of aryl methyl sites for hydroxylation is 1. The minimum atomic E-state index is -0.198. The molecule has 1 aliphatic rings. The fraction of sp³-hybridized carbons (Fsp3) is 0.438. The molecule has 1 atom stereocenters. The average molecular weight is 285 g/mol. The Bertz CT molecular complexity index is 723. The zero-order chi connectivity index (χ0) is 14.8. The largest absolute Gasteiger partial charge is 0.342 e. The SMILES string of the molecule is CC1CCN(C(=O)CCc2nc3ccccc3[nH]c2=O)C1. The summed E-state index contributed by atoms with van der Waals surface area (Å²) in [5.74, 6) is 0.699. The number of aromatic nitrogens is 2. The van der Waals surface area contributed by atoms with E-state index in [1.54, 1.807) is 0 Å². The van der Waals surface area contributed by atoms with Crippen LogP contribution in [0.3, 0.4) is 0 Å². The van der Waals surface area contributed by atoms with Crippen molar-refractivity contribution in [2.75, 3.05) is 13.1 Å². The van der Waals surface area contributed by atoms with E-state index in [1.807, 2.05) is 29.2 Å². The van der Waals surface area contributed by atoms with Gasteiger partial charge in [-0.2, -0.15) is 0 Å². The van der Waals surface area contributed by atoms with Gasteiger partial charge in [0.25, 0.3) is 5.56 Å². The van der Waals surface area contributed by atoms with Crippen LogP contribution in [0, 0.1) is 5.92 Å². The first-order valence-electron chi connectivity index (χ1n) is 7.39. The minimum absolute atomic E-state index is 0.119. The van der Waals surface area contributed by atoms with Crippen molar-refractivity contribution < 1.29 is 4.79 Å². The Morgan fingerprint density at radius 3 is 3.00 bits per heavy atom. The minimum Gasteiger partial charge on any atom is -0.342 e. The van der Waals surface area contributed by atoms with Crippen LogP contribution in [-0.2, 0) is 11.2 Å². The molecule has 1 unspecified atom stereocenters. The molecule has 110 valence electrons. The number of rotatable bonds is 3. The van der Waals surface area contributed by atoms with Crippen molar-refractivity contribution in [3.05, 3.63) is 40.3 Å². The van der Waals surface area contributed by atoms with Crippen molar-refractivity contribution in [3.8, 4) is 0 Å². The lowest BCUT2D eigenvalue weighted by atomic mass is 10.2. The van der Waals surface area contributed by atoms with Gasteiger partial charge in [0.15, 0.2) is 0 Å². The van der Waals surface area contributed by atoms with Crippen molar-refractivity contribution in [2.45, 2.75) is 26.2 Å². The highest BCUT2D eigenvalue weighted by Crippen LogP contribution is 2.16. The van der Waals surface area contributed by atoms with Crippen molar-refractivity contribution >= 4 is 16.9 Å². The number of carbonyl (C=O) groups is 1. The summed E-state index contributed by atoms with van der Waals surface area (Å²) in [6.45, 7) is 3.82. The second kappa shape index (κ2) is 5.68. The number of hydrogen-bond donors (Lipinski definition) is 1. The molecule has 2 aromatic rings. The highest BCUT2D eigenvalue weighted by Gasteiger charge is 2.23. The van der Waals surface area contributed by atoms with Crippen LogP contribution in [0.1, 0.15) is 25.5 Å². The summed E-state index contributed by atoms with van der Waals surface area (Å²) in [7, 11) is 0. The molecule has 21 heavy (non-hydrogen) atoms. The lowest BCUT2D eigenvalue weighted by Crippen LogP contribution is -2.29. The third-order valence-electron chi connectivity index (χ3n) is 4.02. The Balaban J connectivity index is 1.71. The maximum atomic E-state index is 12.1. The van der Waals surface area contributed by atoms with Crippen molar-refractivity contribution in [1.82, 2.24) is 14.9 Å². The van der Waals surface area contributed by atoms with E-state index in [4.69, 9.17) is 0 Å². The highest BCUT2D eigenvalue weighted by molar-refractivity contribution is 5.77. The quantitative estimate of drug-likeness (QED) is 0.934. The van der Waals surface area contributed by atoms with E-state index in [1.165, 1.54) is 0 Å². The number of amides is 1. The standard InChI is InChI=1S/C16H19N3O2/c1-11-8-9-19(10-11)15(20)7-6-14-16(21)18-13-5-3-2-4-12(13)17-14/h2-5,11H,6-10H2,1H3,(H,18,21). The van der Waals surface area contributed by atoms with Crippen molar-refractivity contribution in [1.29, 1.82) is 0 Å². The molecule has 2 heterocycles. The van der Waals surface area contributed by atoms with Gasteiger partial charge < -0.3 is 9.88 Å². The Morgan fingerprint density at radius 1 is 1.43 bits per heavy atom. The molecule has 5 nitrogen and oxygen atoms in total. The molecule has 1 aliphatic heterocycles. The zero-order valence-corrected chi connectivity index (χ0v) is 12.1. The maximum Gasteiger partial charge on any atom is 0.270 e. The van der Waals surface area contributed by atoms with Crippen molar-refractivity contribution in [2.24, 2.45) is 5.92 Å². The van der Waals surface area contributed by atoms with Crippen LogP contribution in [0.4, 0.5) is 0 Å². The van der Waals surface area contributed by atoms with Gasteiger partial charge in [-0.15, -0.1) is 0 Å². The van der Waals surface area contributed by atoms with Crippen LogP contribution < -0.4 is 5.56 Å². The van der Waals surface area contributed by atoms with E-state index in [0.717, 1.165) is 30.5 Å². The predicted octanol–water partition coefficient (Wildman–Crippen LogP) is 1.72. The topological polar surface area (TPSA) is 66.1 Å². The van der Waals surface area contributed by atoms with Gasteiger partial charge in [-0.25, -0.2) is 4.98 Å². The lowest BCUT2D eigenvalue weighted by Gasteiger charge is -2.15. The smallest absolute Gasteiger partial charge is 0.270 e. The average Bonchev–Trinajstić information content (AvgIpc) is 2.91. The Morgan fingerprint density at radius 2 is 2.24 bits per heavy atom. The van der Waals surface area contributed by atoms with Crippen LogP contribution in [0.5, 0.6) is 0 Å². The van der Waals surface area contributed by atoms with Gasteiger partial charge in [0.1, 0.15) is 5.69 Å². The molecule has 1 saturated heterocycles. The van der Waals surface area contributed by atoms with E-state index in [0.29, 0.717) is 24.5 Å². The number of fused-ring (bicyclic) bond motifs is 1. The molecular formula is C16H19N3O2. The van der Waals surface area contributed by atoms with E-state index < -0.39 is 0 Å². The number of aromatic amines is 1. The molecule has 0 spiro atoms. The van der Waals surface area contributed by atoms with E-state index in [-0.39, 0.29) is 11.5 Å². The molecule has 1 aromatic heterocycles. The number of nitrogens with one attached hydrogen (secondary N) is 1. The van der Waals surface area contributed by atoms with Gasteiger partial charge >= 0.3 is 0 Å². The second-order valence-corrected chi connectivity index (χ2v) is 5.76. The van der Waals surface area contributed by atoms with Gasteiger partial charge in [0.2, 0.25) is 5.91 Å². The molecular weight excluding hydrogens is 266 g/mol. The fourth-order valence-electron chi connectivity index (χ4n) is 2.78. The number of likely N-dealkylation sites (tertiary alicyclic amines) is 1. The summed E-state index contributed by atoms with van der Waals surface area (Å²) in [6.07, 6.45) is 1.81. The summed E-state index contributed by atoms with van der Waals surface area (Å²) in [6, 6.07) is 7.43. The Kier molecular flexibility index (Phi) is 3.73. The molecule has 0 bridgehead atoms. The van der Waals surface area contributed by atoms with Gasteiger partial charge in [-0.05, 0) is 24.5 Å². The zero-order valence-electron chi connectivity index (χ0n) is 12.1. The second-order valence-electron chi connectivity index (χ2n) is 5.76. The summed E-state index contributed by atoms with van der Waals surface area (Å²) in [5.41, 5.74) is 1.73. The van der Waals surface area contributed by atoms with Crippen LogP contribution in [0.25, 0.3) is 11.0 Å².